The topological polar surface area (TPSA) is 55.6 Å². The maximum atomic E-state index is 12.3. The number of nitrogens with zero attached hydrogens (tertiary/aromatic N) is 1. The summed E-state index contributed by atoms with van der Waals surface area (Å²) in [5.41, 5.74) is 8.29. The predicted octanol–water partition coefficient (Wildman–Crippen LogP) is 2.05. The van der Waals surface area contributed by atoms with E-state index in [1.165, 1.54) is 11.1 Å². The Balaban J connectivity index is 0.00000200. The molecule has 2 rings (SSSR count). The second-order valence-corrected chi connectivity index (χ2v) is 5.17. The first kappa shape index (κ1) is 17.0. The van der Waals surface area contributed by atoms with Crippen LogP contribution in [0.15, 0.2) is 24.3 Å². The van der Waals surface area contributed by atoms with Gasteiger partial charge in [-0.1, -0.05) is 29.8 Å². The number of likely N-dealkylation sites (tertiary alicyclic amines) is 1. The van der Waals surface area contributed by atoms with Gasteiger partial charge in [-0.25, -0.2) is 0 Å². The van der Waals surface area contributed by atoms with Crippen molar-refractivity contribution in [3.05, 3.63) is 35.4 Å². The van der Waals surface area contributed by atoms with E-state index in [1.807, 2.05) is 11.0 Å². The van der Waals surface area contributed by atoms with E-state index >= 15 is 0 Å². The van der Waals surface area contributed by atoms with Gasteiger partial charge in [0.05, 0.1) is 12.6 Å². The number of ether oxygens (including phenoxy) is 1. The third-order valence-electron chi connectivity index (χ3n) is 3.63. The highest BCUT2D eigenvalue weighted by molar-refractivity contribution is 5.85. The summed E-state index contributed by atoms with van der Waals surface area (Å²) >= 11 is 0. The summed E-state index contributed by atoms with van der Waals surface area (Å²) in [7, 11) is 1.56. The summed E-state index contributed by atoms with van der Waals surface area (Å²) in [6, 6.07) is 7.95. The number of carbonyl (C=O) groups excluding carboxylic acids is 1. The molecule has 1 aliphatic heterocycles. The summed E-state index contributed by atoms with van der Waals surface area (Å²) in [6.07, 6.45) is 2.04. The molecule has 2 unspecified atom stereocenters. The number of halogens is 1. The Morgan fingerprint density at radius 2 is 2.30 bits per heavy atom. The SMILES string of the molecule is COCC(N)C(=O)N1CCCC1c1cccc(C)c1.Cl. The Hall–Kier alpha value is -1.10. The molecule has 0 aromatic heterocycles. The molecule has 4 nitrogen and oxygen atoms in total. The first-order chi connectivity index (χ1) is 9.13. The van der Waals surface area contributed by atoms with E-state index in [-0.39, 0.29) is 31.0 Å². The van der Waals surface area contributed by atoms with E-state index in [9.17, 15) is 4.79 Å². The minimum absolute atomic E-state index is 0. The minimum Gasteiger partial charge on any atom is -0.383 e. The third kappa shape index (κ3) is 3.72. The van der Waals surface area contributed by atoms with Crippen molar-refractivity contribution in [1.82, 2.24) is 4.90 Å². The molecule has 20 heavy (non-hydrogen) atoms. The molecule has 1 aliphatic rings. The summed E-state index contributed by atoms with van der Waals surface area (Å²) in [4.78, 5) is 14.2. The van der Waals surface area contributed by atoms with Crippen LogP contribution in [0.4, 0.5) is 0 Å². The van der Waals surface area contributed by atoms with Gasteiger partial charge in [0.2, 0.25) is 5.91 Å². The number of nitrogens with two attached hydrogens (primary N) is 1. The number of benzene rings is 1. The molecular weight excluding hydrogens is 276 g/mol. The number of methoxy groups -OCH3 is 1. The Kier molecular flexibility index (Phi) is 6.46. The molecule has 112 valence electrons. The zero-order valence-corrected chi connectivity index (χ0v) is 12.9. The van der Waals surface area contributed by atoms with Crippen LogP contribution in [0.2, 0.25) is 0 Å². The standard InChI is InChI=1S/C15H22N2O2.ClH/c1-11-5-3-6-12(9-11)14-7-4-8-17(14)15(18)13(16)10-19-2;/h3,5-6,9,13-14H,4,7-8,10,16H2,1-2H3;1H. The highest BCUT2D eigenvalue weighted by atomic mass is 35.5. The molecule has 1 aromatic rings. The molecule has 1 fully saturated rings. The molecule has 1 aromatic carbocycles. The fourth-order valence-corrected chi connectivity index (χ4v) is 2.72. The van der Waals surface area contributed by atoms with Gasteiger partial charge >= 0.3 is 0 Å². The molecule has 0 radical (unpaired) electrons. The lowest BCUT2D eigenvalue weighted by molar-refractivity contribution is -0.134. The van der Waals surface area contributed by atoms with Crippen molar-refractivity contribution in [2.24, 2.45) is 5.73 Å². The molecule has 0 saturated carbocycles. The van der Waals surface area contributed by atoms with Crippen molar-refractivity contribution < 1.29 is 9.53 Å². The fourth-order valence-electron chi connectivity index (χ4n) is 2.72. The maximum Gasteiger partial charge on any atom is 0.242 e. The summed E-state index contributed by atoms with van der Waals surface area (Å²) in [5, 5.41) is 0. The Morgan fingerprint density at radius 3 is 2.95 bits per heavy atom. The van der Waals surface area contributed by atoms with Gasteiger partial charge in [0.1, 0.15) is 6.04 Å². The van der Waals surface area contributed by atoms with Gasteiger partial charge in [0, 0.05) is 13.7 Å². The Bertz CT molecular complexity index is 453. The molecular formula is C15H23ClN2O2. The fraction of sp³-hybridized carbons (Fsp3) is 0.533. The highest BCUT2D eigenvalue weighted by Gasteiger charge is 2.32. The van der Waals surface area contributed by atoms with E-state index in [2.05, 4.69) is 25.1 Å². The van der Waals surface area contributed by atoms with E-state index < -0.39 is 6.04 Å². The summed E-state index contributed by atoms with van der Waals surface area (Å²) < 4.78 is 4.97. The second kappa shape index (κ2) is 7.62. The molecule has 0 bridgehead atoms. The van der Waals surface area contributed by atoms with Crippen LogP contribution < -0.4 is 5.73 Å². The van der Waals surface area contributed by atoms with E-state index in [4.69, 9.17) is 10.5 Å². The Morgan fingerprint density at radius 1 is 1.55 bits per heavy atom. The van der Waals surface area contributed by atoms with Crippen LogP contribution in [0.1, 0.15) is 30.0 Å². The number of hydrogen-bond acceptors (Lipinski definition) is 3. The van der Waals surface area contributed by atoms with Gasteiger partial charge in [-0.2, -0.15) is 0 Å². The molecule has 1 amide bonds. The average Bonchev–Trinajstić information content (AvgIpc) is 2.87. The number of hydrogen-bond donors (Lipinski definition) is 1. The van der Waals surface area contributed by atoms with Gasteiger partial charge in [-0.15, -0.1) is 12.4 Å². The molecule has 0 spiro atoms. The van der Waals surface area contributed by atoms with Crippen LogP contribution in [0.25, 0.3) is 0 Å². The van der Waals surface area contributed by atoms with Gasteiger partial charge in [-0.05, 0) is 25.3 Å². The number of aryl methyl sites for hydroxylation is 1. The van der Waals surface area contributed by atoms with Crippen molar-refractivity contribution in [2.45, 2.75) is 31.8 Å². The van der Waals surface area contributed by atoms with Crippen molar-refractivity contribution in [1.29, 1.82) is 0 Å². The van der Waals surface area contributed by atoms with Crippen molar-refractivity contribution in [3.63, 3.8) is 0 Å². The molecule has 1 saturated heterocycles. The smallest absolute Gasteiger partial charge is 0.242 e. The summed E-state index contributed by atoms with van der Waals surface area (Å²) in [5.74, 6) is -0.00847. The van der Waals surface area contributed by atoms with Gasteiger partial charge in [-0.3, -0.25) is 4.79 Å². The van der Waals surface area contributed by atoms with Crippen LogP contribution in [0.3, 0.4) is 0 Å². The number of amides is 1. The van der Waals surface area contributed by atoms with Crippen molar-refractivity contribution in [2.75, 3.05) is 20.3 Å². The molecule has 2 atom stereocenters. The van der Waals surface area contributed by atoms with Gasteiger partial charge < -0.3 is 15.4 Å². The van der Waals surface area contributed by atoms with E-state index in [1.54, 1.807) is 7.11 Å². The zero-order valence-electron chi connectivity index (χ0n) is 12.0. The zero-order chi connectivity index (χ0) is 13.8. The van der Waals surface area contributed by atoms with Crippen LogP contribution >= 0.6 is 12.4 Å². The quantitative estimate of drug-likeness (QED) is 0.925. The molecule has 1 heterocycles. The molecule has 2 N–H and O–H groups in total. The first-order valence-corrected chi connectivity index (χ1v) is 6.75. The Labute approximate surface area is 126 Å². The van der Waals surface area contributed by atoms with Gasteiger partial charge in [0.15, 0.2) is 0 Å². The maximum absolute atomic E-state index is 12.3. The van der Waals surface area contributed by atoms with Crippen molar-refractivity contribution in [3.8, 4) is 0 Å². The predicted molar refractivity (Wildman–Crippen MR) is 82.0 cm³/mol. The summed E-state index contributed by atoms with van der Waals surface area (Å²) in [6.45, 7) is 3.13. The monoisotopic (exact) mass is 298 g/mol. The van der Waals surface area contributed by atoms with Crippen LogP contribution in [-0.2, 0) is 9.53 Å². The second-order valence-electron chi connectivity index (χ2n) is 5.17. The van der Waals surface area contributed by atoms with Crippen LogP contribution in [0.5, 0.6) is 0 Å². The van der Waals surface area contributed by atoms with Crippen LogP contribution in [0, 0.1) is 6.92 Å². The minimum atomic E-state index is -0.560. The lowest BCUT2D eigenvalue weighted by Crippen LogP contribution is -2.45. The lowest BCUT2D eigenvalue weighted by Gasteiger charge is -2.27. The number of rotatable bonds is 4. The van der Waals surface area contributed by atoms with Gasteiger partial charge in [0.25, 0.3) is 0 Å². The number of carbonyl (C=O) groups is 1. The lowest BCUT2D eigenvalue weighted by atomic mass is 10.0. The average molecular weight is 299 g/mol. The highest BCUT2D eigenvalue weighted by Crippen LogP contribution is 2.32. The van der Waals surface area contributed by atoms with E-state index in [0.29, 0.717) is 0 Å². The van der Waals surface area contributed by atoms with Crippen LogP contribution in [-0.4, -0.2) is 37.1 Å². The van der Waals surface area contributed by atoms with Crippen molar-refractivity contribution >= 4 is 18.3 Å². The third-order valence-corrected chi connectivity index (χ3v) is 3.63. The largest absolute Gasteiger partial charge is 0.383 e. The van der Waals surface area contributed by atoms with E-state index in [0.717, 1.165) is 19.4 Å². The first-order valence-electron chi connectivity index (χ1n) is 6.75. The normalized spacial score (nSPS) is 19.6. The molecule has 5 heteroatoms. The molecule has 0 aliphatic carbocycles.